The summed E-state index contributed by atoms with van der Waals surface area (Å²) in [5.41, 5.74) is 0.871. The molecular weight excluding hydrogens is 436 g/mol. The summed E-state index contributed by atoms with van der Waals surface area (Å²) in [5, 5.41) is 11.5. The van der Waals surface area contributed by atoms with Gasteiger partial charge >= 0.3 is 5.97 Å². The molecule has 0 saturated heterocycles. The molecule has 0 fully saturated rings. The zero-order valence-corrected chi connectivity index (χ0v) is 18.8. The Morgan fingerprint density at radius 2 is 1.91 bits per heavy atom. The lowest BCUT2D eigenvalue weighted by molar-refractivity contribution is -0.385. The van der Waals surface area contributed by atoms with E-state index >= 15 is 0 Å². The van der Waals surface area contributed by atoms with Crippen molar-refractivity contribution < 1.29 is 27.3 Å². The number of carbonyl (C=O) groups excluding carboxylic acids is 1. The number of rotatable bonds is 9. The summed E-state index contributed by atoms with van der Waals surface area (Å²) < 4.78 is 39.2. The Morgan fingerprint density at radius 1 is 1.16 bits per heavy atom. The van der Waals surface area contributed by atoms with Crippen LogP contribution in [-0.4, -0.2) is 25.9 Å². The highest BCUT2D eigenvalue weighted by Crippen LogP contribution is 2.30. The number of non-ortho nitro benzene ring substituents is 1. The van der Waals surface area contributed by atoms with Gasteiger partial charge < -0.3 is 9.15 Å². The fourth-order valence-electron chi connectivity index (χ4n) is 3.33. The van der Waals surface area contributed by atoms with Crippen molar-refractivity contribution in [2.75, 3.05) is 11.3 Å². The van der Waals surface area contributed by atoms with Crippen LogP contribution < -0.4 is 4.72 Å². The fourth-order valence-corrected chi connectivity index (χ4v) is 4.64. The first-order valence-electron chi connectivity index (χ1n) is 10.1. The van der Waals surface area contributed by atoms with Crippen LogP contribution >= 0.6 is 0 Å². The Balaban J connectivity index is 1.93. The Morgan fingerprint density at radius 3 is 2.59 bits per heavy atom. The fraction of sp³-hybridized carbons (Fsp3) is 0.318. The maximum atomic E-state index is 12.9. The summed E-state index contributed by atoms with van der Waals surface area (Å²) >= 11 is 0. The monoisotopic (exact) mass is 460 g/mol. The lowest BCUT2D eigenvalue weighted by Gasteiger charge is -2.10. The van der Waals surface area contributed by atoms with Crippen molar-refractivity contribution in [3.63, 3.8) is 0 Å². The van der Waals surface area contributed by atoms with Gasteiger partial charge in [-0.15, -0.1) is 0 Å². The van der Waals surface area contributed by atoms with Crippen molar-refractivity contribution in [3.8, 4) is 0 Å². The molecule has 3 rings (SSSR count). The zero-order valence-electron chi connectivity index (χ0n) is 18.0. The second-order valence-corrected chi connectivity index (χ2v) is 9.05. The van der Waals surface area contributed by atoms with E-state index in [0.29, 0.717) is 22.3 Å². The van der Waals surface area contributed by atoms with Gasteiger partial charge in [0.2, 0.25) is 0 Å². The number of ether oxygens (including phenoxy) is 1. The summed E-state index contributed by atoms with van der Waals surface area (Å²) in [5.74, 6) is -0.165. The van der Waals surface area contributed by atoms with Crippen LogP contribution in [0.1, 0.15) is 47.9 Å². The van der Waals surface area contributed by atoms with E-state index in [1.807, 2.05) is 6.92 Å². The van der Waals surface area contributed by atoms with Crippen LogP contribution in [0.3, 0.4) is 0 Å². The SMILES string of the molecule is CCCCCOC(=O)c1c(C)oc2ccc(NS(=O)(=O)c3cc([N+](=O)[O-])ccc3C)cc12. The molecule has 2 aromatic carbocycles. The maximum Gasteiger partial charge on any atom is 0.342 e. The molecule has 1 heterocycles. The number of carbonyl (C=O) groups is 1. The number of aryl methyl sites for hydroxylation is 2. The first-order valence-corrected chi connectivity index (χ1v) is 11.6. The Hall–Kier alpha value is -3.40. The van der Waals surface area contributed by atoms with Gasteiger partial charge in [0.15, 0.2) is 0 Å². The topological polar surface area (TPSA) is 129 Å². The smallest absolute Gasteiger partial charge is 0.342 e. The second-order valence-electron chi connectivity index (χ2n) is 7.40. The summed E-state index contributed by atoms with van der Waals surface area (Å²) in [6.07, 6.45) is 2.70. The van der Waals surface area contributed by atoms with Crippen LogP contribution in [0.15, 0.2) is 45.7 Å². The average Bonchev–Trinajstić information content (AvgIpc) is 3.05. The number of esters is 1. The van der Waals surface area contributed by atoms with Crippen LogP contribution in [0.5, 0.6) is 0 Å². The number of nitrogens with zero attached hydrogens (tertiary/aromatic N) is 1. The molecule has 0 aliphatic rings. The minimum absolute atomic E-state index is 0.184. The van der Waals surface area contributed by atoms with Crippen LogP contribution in [0.4, 0.5) is 11.4 Å². The van der Waals surface area contributed by atoms with Gasteiger partial charge in [-0.05, 0) is 44.0 Å². The van der Waals surface area contributed by atoms with Crippen LogP contribution in [-0.2, 0) is 14.8 Å². The number of fused-ring (bicyclic) bond motifs is 1. The van der Waals surface area contributed by atoms with E-state index in [2.05, 4.69) is 4.72 Å². The predicted octanol–water partition coefficient (Wildman–Crippen LogP) is 5.11. The minimum atomic E-state index is -4.12. The van der Waals surface area contributed by atoms with Crippen LogP contribution in [0.25, 0.3) is 11.0 Å². The first-order chi connectivity index (χ1) is 15.1. The summed E-state index contributed by atoms with van der Waals surface area (Å²) in [7, 11) is -4.12. The molecule has 9 nitrogen and oxygen atoms in total. The van der Waals surface area contributed by atoms with Gasteiger partial charge in [0, 0.05) is 23.2 Å². The van der Waals surface area contributed by atoms with Crippen LogP contribution in [0.2, 0.25) is 0 Å². The minimum Gasteiger partial charge on any atom is -0.462 e. The van der Waals surface area contributed by atoms with E-state index in [1.54, 1.807) is 19.9 Å². The molecule has 0 aliphatic carbocycles. The number of nitro groups is 1. The normalized spacial score (nSPS) is 11.5. The van der Waals surface area contributed by atoms with Gasteiger partial charge in [-0.3, -0.25) is 14.8 Å². The van der Waals surface area contributed by atoms with E-state index in [4.69, 9.17) is 9.15 Å². The maximum absolute atomic E-state index is 12.9. The van der Waals surface area contributed by atoms with Gasteiger partial charge in [-0.2, -0.15) is 0 Å². The third-order valence-corrected chi connectivity index (χ3v) is 6.50. The molecule has 0 unspecified atom stereocenters. The van der Waals surface area contributed by atoms with Crippen molar-refractivity contribution in [3.05, 3.63) is 63.4 Å². The number of sulfonamides is 1. The largest absolute Gasteiger partial charge is 0.462 e. The van der Waals surface area contributed by atoms with E-state index in [-0.39, 0.29) is 28.4 Å². The molecule has 10 heteroatoms. The molecule has 0 spiro atoms. The molecule has 0 saturated carbocycles. The summed E-state index contributed by atoms with van der Waals surface area (Å²) in [6.45, 7) is 5.52. The number of unbranched alkanes of at least 4 members (excludes halogenated alkanes) is 2. The predicted molar refractivity (Wildman–Crippen MR) is 119 cm³/mol. The Labute approximate surface area is 185 Å². The van der Waals surface area contributed by atoms with Gasteiger partial charge in [0.25, 0.3) is 15.7 Å². The van der Waals surface area contributed by atoms with Gasteiger partial charge in [0.1, 0.15) is 16.9 Å². The number of hydrogen-bond acceptors (Lipinski definition) is 7. The lowest BCUT2D eigenvalue weighted by atomic mass is 10.1. The number of furan rings is 1. The van der Waals surface area contributed by atoms with Crippen LogP contribution in [0, 0.1) is 24.0 Å². The van der Waals surface area contributed by atoms with Crippen molar-refractivity contribution in [2.45, 2.75) is 44.9 Å². The lowest BCUT2D eigenvalue weighted by Crippen LogP contribution is -2.14. The summed E-state index contributed by atoms with van der Waals surface area (Å²) in [6, 6.07) is 8.16. The molecule has 0 aliphatic heterocycles. The van der Waals surface area contributed by atoms with Crippen molar-refractivity contribution >= 4 is 38.3 Å². The molecule has 1 aromatic heterocycles. The highest BCUT2D eigenvalue weighted by Gasteiger charge is 2.23. The summed E-state index contributed by atoms with van der Waals surface area (Å²) in [4.78, 5) is 22.8. The molecule has 0 radical (unpaired) electrons. The molecule has 1 N–H and O–H groups in total. The molecule has 3 aromatic rings. The average molecular weight is 461 g/mol. The molecule has 0 atom stereocenters. The third-order valence-electron chi connectivity index (χ3n) is 4.97. The van der Waals surface area contributed by atoms with Crippen molar-refractivity contribution in [2.24, 2.45) is 0 Å². The number of benzene rings is 2. The molecule has 0 bridgehead atoms. The standard InChI is InChI=1S/C22H24N2O7S/c1-4-5-6-11-30-22(25)21-15(3)31-19-10-8-16(12-18(19)21)23-32(28,29)20-13-17(24(26)27)9-7-14(20)2/h7-10,12-13,23H,4-6,11H2,1-3H3. The molecule has 32 heavy (non-hydrogen) atoms. The van der Waals surface area contributed by atoms with E-state index < -0.39 is 20.9 Å². The Kier molecular flexibility index (Phi) is 6.83. The number of nitrogens with one attached hydrogen (secondary N) is 1. The van der Waals surface area contributed by atoms with E-state index in [0.717, 1.165) is 25.3 Å². The van der Waals surface area contributed by atoms with Gasteiger partial charge in [-0.25, -0.2) is 13.2 Å². The van der Waals surface area contributed by atoms with Crippen molar-refractivity contribution in [1.29, 1.82) is 0 Å². The zero-order chi connectivity index (χ0) is 23.5. The number of anilines is 1. The molecule has 170 valence electrons. The first kappa shape index (κ1) is 23.3. The highest BCUT2D eigenvalue weighted by molar-refractivity contribution is 7.92. The van der Waals surface area contributed by atoms with Crippen molar-refractivity contribution in [1.82, 2.24) is 0 Å². The quantitative estimate of drug-likeness (QED) is 0.203. The van der Waals surface area contributed by atoms with E-state index in [1.165, 1.54) is 24.3 Å². The third kappa shape index (κ3) is 4.91. The highest BCUT2D eigenvalue weighted by atomic mass is 32.2. The number of hydrogen-bond donors (Lipinski definition) is 1. The molecule has 0 amide bonds. The van der Waals surface area contributed by atoms with Gasteiger partial charge in [0.05, 0.1) is 16.4 Å². The second kappa shape index (κ2) is 9.39. The number of nitro benzene ring substituents is 1. The van der Waals surface area contributed by atoms with Gasteiger partial charge in [-0.1, -0.05) is 25.8 Å². The Bertz CT molecular complexity index is 1280. The van der Waals surface area contributed by atoms with E-state index in [9.17, 15) is 23.3 Å². The molecular formula is C22H24N2O7S.